The summed E-state index contributed by atoms with van der Waals surface area (Å²) in [5, 5.41) is 10.4. The van der Waals surface area contributed by atoms with Gasteiger partial charge in [-0.05, 0) is 27.2 Å². The van der Waals surface area contributed by atoms with Crippen molar-refractivity contribution in [1.82, 2.24) is 4.90 Å². The second-order valence-electron chi connectivity index (χ2n) is 7.06. The zero-order valence-electron chi connectivity index (χ0n) is 12.1. The highest BCUT2D eigenvalue weighted by Gasteiger charge is 2.63. The lowest BCUT2D eigenvalue weighted by Gasteiger charge is -2.54. The van der Waals surface area contributed by atoms with Gasteiger partial charge in [0, 0.05) is 12.8 Å². The van der Waals surface area contributed by atoms with Gasteiger partial charge in [-0.25, -0.2) is 13.6 Å². The summed E-state index contributed by atoms with van der Waals surface area (Å²) in [6.07, 6.45) is -1.37. The third-order valence-corrected chi connectivity index (χ3v) is 3.99. The third kappa shape index (κ3) is 2.74. The fourth-order valence-corrected chi connectivity index (χ4v) is 2.80. The van der Waals surface area contributed by atoms with Crippen LogP contribution >= 0.6 is 0 Å². The Kier molecular flexibility index (Phi) is 3.30. The van der Waals surface area contributed by atoms with Crippen molar-refractivity contribution >= 4 is 6.09 Å². The van der Waals surface area contributed by atoms with Gasteiger partial charge in [-0.1, -0.05) is 0 Å². The van der Waals surface area contributed by atoms with Crippen LogP contribution in [0.3, 0.4) is 0 Å². The van der Waals surface area contributed by atoms with Crippen LogP contribution in [0.15, 0.2) is 0 Å². The highest BCUT2D eigenvalue weighted by molar-refractivity contribution is 5.70. The molecule has 0 spiro atoms. The summed E-state index contributed by atoms with van der Waals surface area (Å²) in [7, 11) is 0. The highest BCUT2D eigenvalue weighted by Crippen LogP contribution is 2.48. The van der Waals surface area contributed by atoms with Crippen LogP contribution in [0.25, 0.3) is 0 Å². The molecule has 1 heterocycles. The molecule has 20 heavy (non-hydrogen) atoms. The molecule has 0 radical (unpaired) electrons. The van der Waals surface area contributed by atoms with Crippen molar-refractivity contribution in [2.75, 3.05) is 13.1 Å². The second-order valence-corrected chi connectivity index (χ2v) is 7.06. The van der Waals surface area contributed by atoms with Crippen molar-refractivity contribution in [3.63, 3.8) is 0 Å². The normalized spacial score (nSPS) is 31.9. The molecule has 1 aliphatic heterocycles. The average Bonchev–Trinajstić information content (AvgIpc) is 2.46. The number of nitrogens with two attached hydrogens (primary N) is 1. The minimum Gasteiger partial charge on any atom is -0.444 e. The maximum Gasteiger partial charge on any atom is 0.410 e. The Morgan fingerprint density at radius 2 is 1.85 bits per heavy atom. The summed E-state index contributed by atoms with van der Waals surface area (Å²) in [5.74, 6) is -2.84. The number of likely N-dealkylation sites (tertiary alicyclic amines) is 1. The number of aliphatic hydroxyl groups is 1. The van der Waals surface area contributed by atoms with Gasteiger partial charge in [-0.3, -0.25) is 0 Å². The lowest BCUT2D eigenvalue weighted by Crippen LogP contribution is -2.76. The van der Waals surface area contributed by atoms with Crippen LogP contribution in [0, 0.1) is 0 Å². The molecule has 0 aromatic rings. The molecule has 1 amide bonds. The smallest absolute Gasteiger partial charge is 0.410 e. The van der Waals surface area contributed by atoms with E-state index in [1.54, 1.807) is 20.8 Å². The second kappa shape index (κ2) is 4.27. The van der Waals surface area contributed by atoms with Gasteiger partial charge in [0.25, 0.3) is 0 Å². The fourth-order valence-electron chi connectivity index (χ4n) is 2.80. The van der Waals surface area contributed by atoms with Crippen molar-refractivity contribution in [1.29, 1.82) is 0 Å². The molecule has 0 aromatic carbocycles. The van der Waals surface area contributed by atoms with Crippen LogP contribution in [-0.2, 0) is 4.74 Å². The molecule has 7 heteroatoms. The van der Waals surface area contributed by atoms with Crippen molar-refractivity contribution in [3.05, 3.63) is 0 Å². The Balaban J connectivity index is 1.96. The van der Waals surface area contributed by atoms with E-state index < -0.39 is 35.2 Å². The number of nitrogens with zero attached hydrogens (tertiary/aromatic N) is 1. The summed E-state index contributed by atoms with van der Waals surface area (Å²) >= 11 is 0. The maximum atomic E-state index is 13.3. The largest absolute Gasteiger partial charge is 0.444 e. The molecule has 1 atom stereocenters. The molecule has 2 rings (SSSR count). The van der Waals surface area contributed by atoms with Gasteiger partial charge in [-0.15, -0.1) is 0 Å². The first-order valence-electron chi connectivity index (χ1n) is 6.73. The van der Waals surface area contributed by atoms with E-state index in [9.17, 15) is 18.7 Å². The van der Waals surface area contributed by atoms with Gasteiger partial charge < -0.3 is 20.5 Å². The van der Waals surface area contributed by atoms with E-state index in [1.165, 1.54) is 4.90 Å². The standard InChI is InChI=1S/C13H22F2N2O3/c1-10(2,3)20-9(18)17-7-12(19,8-17)11(16)4-5-13(14,15)6-11/h19H,4-8,16H2,1-3H3. The van der Waals surface area contributed by atoms with Crippen molar-refractivity contribution in [2.24, 2.45) is 5.73 Å². The number of ether oxygens (including phenoxy) is 1. The van der Waals surface area contributed by atoms with Crippen molar-refractivity contribution in [3.8, 4) is 0 Å². The van der Waals surface area contributed by atoms with Crippen LogP contribution in [0.4, 0.5) is 13.6 Å². The number of amides is 1. The van der Waals surface area contributed by atoms with E-state index in [0.29, 0.717) is 0 Å². The Morgan fingerprint density at radius 1 is 1.30 bits per heavy atom. The Bertz CT molecular complexity index is 416. The van der Waals surface area contributed by atoms with Crippen LogP contribution in [-0.4, -0.2) is 51.9 Å². The van der Waals surface area contributed by atoms with E-state index in [2.05, 4.69) is 0 Å². The SMILES string of the molecule is CC(C)(C)OC(=O)N1CC(O)(C2(N)CCC(F)(F)C2)C1. The number of rotatable bonds is 1. The lowest BCUT2D eigenvalue weighted by atomic mass is 9.73. The molecule has 5 nitrogen and oxygen atoms in total. The van der Waals surface area contributed by atoms with Crippen LogP contribution in [0.2, 0.25) is 0 Å². The summed E-state index contributed by atoms with van der Waals surface area (Å²) in [6.45, 7) is 5.08. The number of hydrogen-bond acceptors (Lipinski definition) is 4. The Labute approximate surface area is 117 Å². The quantitative estimate of drug-likeness (QED) is 0.767. The molecule has 116 valence electrons. The molecule has 1 saturated carbocycles. The van der Waals surface area contributed by atoms with E-state index in [0.717, 1.165) is 0 Å². The number of halogens is 2. The Hall–Kier alpha value is -0.950. The van der Waals surface area contributed by atoms with Gasteiger partial charge in [0.2, 0.25) is 5.92 Å². The molecule has 3 N–H and O–H groups in total. The molecule has 1 saturated heterocycles. The summed E-state index contributed by atoms with van der Waals surface area (Å²) in [4.78, 5) is 13.1. The third-order valence-electron chi connectivity index (χ3n) is 3.99. The zero-order chi connectivity index (χ0) is 15.4. The van der Waals surface area contributed by atoms with Gasteiger partial charge in [0.05, 0.1) is 18.6 Å². The van der Waals surface area contributed by atoms with Crippen LogP contribution in [0.5, 0.6) is 0 Å². The number of carbonyl (C=O) groups is 1. The van der Waals surface area contributed by atoms with Gasteiger partial charge >= 0.3 is 6.09 Å². The van der Waals surface area contributed by atoms with Gasteiger partial charge in [-0.2, -0.15) is 0 Å². The van der Waals surface area contributed by atoms with Gasteiger partial charge in [0.1, 0.15) is 11.2 Å². The van der Waals surface area contributed by atoms with Crippen LogP contribution < -0.4 is 5.73 Å². The molecular formula is C13H22F2N2O3. The maximum absolute atomic E-state index is 13.3. The average molecular weight is 292 g/mol. The molecular weight excluding hydrogens is 270 g/mol. The lowest BCUT2D eigenvalue weighted by molar-refractivity contribution is -0.146. The van der Waals surface area contributed by atoms with E-state index in [-0.39, 0.29) is 25.9 Å². The summed E-state index contributed by atoms with van der Waals surface area (Å²) in [5.41, 5.74) is 2.53. The van der Waals surface area contributed by atoms with E-state index in [1.807, 2.05) is 0 Å². The summed E-state index contributed by atoms with van der Waals surface area (Å²) in [6, 6.07) is 0. The van der Waals surface area contributed by atoms with Crippen molar-refractivity contribution in [2.45, 2.75) is 62.7 Å². The minimum absolute atomic E-state index is 0.0542. The molecule has 0 aromatic heterocycles. The predicted octanol–water partition coefficient (Wildman–Crippen LogP) is 1.48. The monoisotopic (exact) mass is 292 g/mol. The van der Waals surface area contributed by atoms with E-state index >= 15 is 0 Å². The summed E-state index contributed by atoms with van der Waals surface area (Å²) < 4.78 is 31.8. The molecule has 1 unspecified atom stereocenters. The first-order chi connectivity index (χ1) is 8.86. The topological polar surface area (TPSA) is 75.8 Å². The number of alkyl halides is 2. The fraction of sp³-hybridized carbons (Fsp3) is 0.923. The molecule has 2 aliphatic rings. The van der Waals surface area contributed by atoms with Crippen molar-refractivity contribution < 1.29 is 23.4 Å². The Morgan fingerprint density at radius 3 is 2.25 bits per heavy atom. The first-order valence-corrected chi connectivity index (χ1v) is 6.73. The van der Waals surface area contributed by atoms with E-state index in [4.69, 9.17) is 10.5 Å². The predicted molar refractivity (Wildman–Crippen MR) is 68.5 cm³/mol. The number of carbonyl (C=O) groups excluding carboxylic acids is 1. The minimum atomic E-state index is -2.84. The molecule has 1 aliphatic carbocycles. The number of β-amino-alcohol motifs (C(OH)–C–C–N with tert-alkyl or cyclic N) is 1. The molecule has 0 bridgehead atoms. The highest BCUT2D eigenvalue weighted by atomic mass is 19.3. The number of hydrogen-bond donors (Lipinski definition) is 2. The zero-order valence-corrected chi connectivity index (χ0v) is 12.1. The van der Waals surface area contributed by atoms with Crippen LogP contribution in [0.1, 0.15) is 40.0 Å². The first kappa shape index (κ1) is 15.4. The van der Waals surface area contributed by atoms with Gasteiger partial charge in [0.15, 0.2) is 0 Å². The molecule has 2 fully saturated rings.